The Kier molecular flexibility index (Phi) is 4.64. The smallest absolute Gasteiger partial charge is 0.225 e. The molecular formula is C18H22N6O2. The van der Waals surface area contributed by atoms with Crippen LogP contribution in [0.2, 0.25) is 0 Å². The number of amides is 2. The van der Waals surface area contributed by atoms with Gasteiger partial charge in [-0.15, -0.1) is 0 Å². The summed E-state index contributed by atoms with van der Waals surface area (Å²) in [5, 5.41) is 7.05. The predicted octanol–water partition coefficient (Wildman–Crippen LogP) is 1.07. The summed E-state index contributed by atoms with van der Waals surface area (Å²) in [6, 6.07) is 4.05. The first-order valence-electron chi connectivity index (χ1n) is 9.08. The van der Waals surface area contributed by atoms with Crippen LogP contribution < -0.4 is 5.32 Å². The average Bonchev–Trinajstić information content (AvgIpc) is 3.40. The number of nitrogens with one attached hydrogen (secondary N) is 1. The van der Waals surface area contributed by atoms with Gasteiger partial charge in [-0.3, -0.25) is 9.59 Å². The molecule has 0 bridgehead atoms. The van der Waals surface area contributed by atoms with Crippen molar-refractivity contribution in [3.05, 3.63) is 36.5 Å². The Morgan fingerprint density at radius 3 is 2.92 bits per heavy atom. The van der Waals surface area contributed by atoms with Gasteiger partial charge < -0.3 is 10.2 Å². The molecule has 2 aromatic rings. The minimum absolute atomic E-state index is 0.0766. The molecule has 1 saturated carbocycles. The molecule has 2 amide bonds. The van der Waals surface area contributed by atoms with E-state index in [-0.39, 0.29) is 17.7 Å². The van der Waals surface area contributed by atoms with Crippen LogP contribution in [0.5, 0.6) is 0 Å². The largest absolute Gasteiger partial charge is 0.352 e. The summed E-state index contributed by atoms with van der Waals surface area (Å²) in [5.41, 5.74) is 0.850. The maximum absolute atomic E-state index is 12.6. The van der Waals surface area contributed by atoms with Crippen molar-refractivity contribution in [3.63, 3.8) is 0 Å². The lowest BCUT2D eigenvalue weighted by Crippen LogP contribution is -2.36. The van der Waals surface area contributed by atoms with E-state index < -0.39 is 0 Å². The first-order chi connectivity index (χ1) is 12.7. The lowest BCUT2D eigenvalue weighted by Gasteiger charge is -2.23. The number of carbonyl (C=O) groups is 2. The second kappa shape index (κ2) is 7.23. The van der Waals surface area contributed by atoms with Crippen LogP contribution in [0.15, 0.2) is 31.0 Å². The lowest BCUT2D eigenvalue weighted by molar-refractivity contribution is -0.130. The first-order valence-corrected chi connectivity index (χ1v) is 9.08. The van der Waals surface area contributed by atoms with E-state index in [4.69, 9.17) is 0 Å². The van der Waals surface area contributed by atoms with Gasteiger partial charge in [0.2, 0.25) is 11.8 Å². The number of aromatic nitrogens is 4. The summed E-state index contributed by atoms with van der Waals surface area (Å²) in [5.74, 6) is 0.406. The molecule has 1 aliphatic carbocycles. The van der Waals surface area contributed by atoms with Crippen LogP contribution in [0.1, 0.15) is 37.7 Å². The molecule has 8 heteroatoms. The highest BCUT2D eigenvalue weighted by atomic mass is 16.2. The summed E-state index contributed by atoms with van der Waals surface area (Å²) in [7, 11) is 0. The molecular weight excluding hydrogens is 332 g/mol. The van der Waals surface area contributed by atoms with Crippen molar-refractivity contribution in [2.45, 2.75) is 44.7 Å². The van der Waals surface area contributed by atoms with Gasteiger partial charge in [-0.1, -0.05) is 18.9 Å². The van der Waals surface area contributed by atoms with Gasteiger partial charge >= 0.3 is 0 Å². The van der Waals surface area contributed by atoms with Crippen molar-refractivity contribution in [2.24, 2.45) is 5.92 Å². The predicted molar refractivity (Wildman–Crippen MR) is 93.1 cm³/mol. The molecule has 0 radical (unpaired) electrons. The fourth-order valence-electron chi connectivity index (χ4n) is 3.89. The number of rotatable bonds is 5. The van der Waals surface area contributed by atoms with Gasteiger partial charge in [-0.25, -0.2) is 14.6 Å². The van der Waals surface area contributed by atoms with Gasteiger partial charge in [-0.2, -0.15) is 5.10 Å². The quantitative estimate of drug-likeness (QED) is 0.867. The van der Waals surface area contributed by atoms with Gasteiger partial charge in [0.15, 0.2) is 5.82 Å². The Balaban J connectivity index is 1.38. The SMILES string of the molecule is O=C(NCc1cccnc1-n1cncn1)C1CC(=O)N(C2CCCC2)C1. The molecule has 26 heavy (non-hydrogen) atoms. The van der Waals surface area contributed by atoms with E-state index >= 15 is 0 Å². The third-order valence-electron chi connectivity index (χ3n) is 5.25. The van der Waals surface area contributed by atoms with E-state index in [1.54, 1.807) is 17.2 Å². The Morgan fingerprint density at radius 1 is 1.31 bits per heavy atom. The van der Waals surface area contributed by atoms with Gasteiger partial charge in [0, 0.05) is 37.3 Å². The molecule has 1 N–H and O–H groups in total. The Morgan fingerprint density at radius 2 is 2.15 bits per heavy atom. The second-order valence-electron chi connectivity index (χ2n) is 6.93. The van der Waals surface area contributed by atoms with Crippen molar-refractivity contribution >= 4 is 11.8 Å². The summed E-state index contributed by atoms with van der Waals surface area (Å²) < 4.78 is 1.57. The second-order valence-corrected chi connectivity index (χ2v) is 6.93. The molecule has 0 aromatic carbocycles. The zero-order valence-electron chi connectivity index (χ0n) is 14.5. The zero-order chi connectivity index (χ0) is 17.9. The number of likely N-dealkylation sites (tertiary alicyclic amines) is 1. The summed E-state index contributed by atoms with van der Waals surface area (Å²) in [6.07, 6.45) is 9.49. The molecule has 1 atom stereocenters. The number of pyridine rings is 1. The summed E-state index contributed by atoms with van der Waals surface area (Å²) in [6.45, 7) is 0.883. The van der Waals surface area contributed by atoms with E-state index in [1.165, 1.54) is 19.2 Å². The number of hydrogen-bond donors (Lipinski definition) is 1. The normalized spacial score (nSPS) is 20.7. The monoisotopic (exact) mass is 354 g/mol. The average molecular weight is 354 g/mol. The topological polar surface area (TPSA) is 93.0 Å². The molecule has 136 valence electrons. The third kappa shape index (κ3) is 3.31. The number of nitrogens with zero attached hydrogens (tertiary/aromatic N) is 5. The highest BCUT2D eigenvalue weighted by Crippen LogP contribution is 2.29. The van der Waals surface area contributed by atoms with Gasteiger partial charge in [0.1, 0.15) is 12.7 Å². The molecule has 2 fully saturated rings. The highest BCUT2D eigenvalue weighted by molar-refractivity contribution is 5.89. The molecule has 1 unspecified atom stereocenters. The third-order valence-corrected chi connectivity index (χ3v) is 5.25. The minimum Gasteiger partial charge on any atom is -0.352 e. The van der Waals surface area contributed by atoms with Crippen molar-refractivity contribution < 1.29 is 9.59 Å². The fourth-order valence-corrected chi connectivity index (χ4v) is 3.89. The van der Waals surface area contributed by atoms with Crippen molar-refractivity contribution in [2.75, 3.05) is 6.54 Å². The van der Waals surface area contributed by atoms with Crippen LogP contribution in [0, 0.1) is 5.92 Å². The van der Waals surface area contributed by atoms with E-state index in [1.807, 2.05) is 17.0 Å². The maximum Gasteiger partial charge on any atom is 0.225 e. The Labute approximate surface area is 151 Å². The molecule has 4 rings (SSSR count). The first kappa shape index (κ1) is 16.7. The van der Waals surface area contributed by atoms with Crippen LogP contribution in [0.4, 0.5) is 0 Å². The van der Waals surface area contributed by atoms with Crippen molar-refractivity contribution in [1.82, 2.24) is 30.0 Å². The number of carbonyl (C=O) groups excluding carboxylic acids is 2. The van der Waals surface area contributed by atoms with E-state index in [9.17, 15) is 9.59 Å². The zero-order valence-corrected chi connectivity index (χ0v) is 14.5. The standard InChI is InChI=1S/C18H22N6O2/c25-16-8-14(10-23(16)15-5-1-2-6-15)18(26)21-9-13-4-3-7-20-17(13)24-12-19-11-22-24/h3-4,7,11-12,14-15H,1-2,5-6,8-10H2,(H,21,26). The van der Waals surface area contributed by atoms with Gasteiger partial charge in [0.05, 0.1) is 5.92 Å². The molecule has 2 aromatic heterocycles. The molecule has 1 saturated heterocycles. The van der Waals surface area contributed by atoms with Gasteiger partial charge in [-0.05, 0) is 18.9 Å². The Hall–Kier alpha value is -2.77. The Bertz CT molecular complexity index is 785. The van der Waals surface area contributed by atoms with Crippen LogP contribution in [-0.4, -0.2) is 49.0 Å². The molecule has 0 spiro atoms. The van der Waals surface area contributed by atoms with Crippen LogP contribution in [0.3, 0.4) is 0 Å². The van der Waals surface area contributed by atoms with Crippen molar-refractivity contribution in [1.29, 1.82) is 0 Å². The lowest BCUT2D eigenvalue weighted by atomic mass is 10.1. The maximum atomic E-state index is 12.6. The molecule has 1 aliphatic heterocycles. The molecule has 8 nitrogen and oxygen atoms in total. The van der Waals surface area contributed by atoms with Crippen LogP contribution in [-0.2, 0) is 16.1 Å². The molecule has 3 heterocycles. The van der Waals surface area contributed by atoms with E-state index in [0.717, 1.165) is 18.4 Å². The van der Waals surface area contributed by atoms with E-state index in [0.29, 0.717) is 31.4 Å². The summed E-state index contributed by atoms with van der Waals surface area (Å²) >= 11 is 0. The fraction of sp³-hybridized carbons (Fsp3) is 0.500. The van der Waals surface area contributed by atoms with Crippen LogP contribution >= 0.6 is 0 Å². The highest BCUT2D eigenvalue weighted by Gasteiger charge is 2.38. The van der Waals surface area contributed by atoms with Crippen molar-refractivity contribution in [3.8, 4) is 5.82 Å². The summed E-state index contributed by atoms with van der Waals surface area (Å²) in [4.78, 5) is 35.0. The van der Waals surface area contributed by atoms with Gasteiger partial charge in [0.25, 0.3) is 0 Å². The van der Waals surface area contributed by atoms with Crippen LogP contribution in [0.25, 0.3) is 5.82 Å². The molecule has 2 aliphatic rings. The minimum atomic E-state index is -0.269. The van der Waals surface area contributed by atoms with E-state index in [2.05, 4.69) is 20.4 Å². The number of hydrogen-bond acceptors (Lipinski definition) is 5.